The van der Waals surface area contributed by atoms with Crippen LogP contribution < -0.4 is 5.73 Å². The third-order valence-corrected chi connectivity index (χ3v) is 2.63. The van der Waals surface area contributed by atoms with Crippen molar-refractivity contribution in [3.05, 3.63) is 35.9 Å². The molecule has 0 aromatic heterocycles. The molecule has 0 aliphatic rings. The van der Waals surface area contributed by atoms with E-state index in [2.05, 4.69) is 6.58 Å². The molecular formula is C9H10ClNS. The highest BCUT2D eigenvalue weighted by Crippen LogP contribution is 2.22. The molecule has 0 fully saturated rings. The van der Waals surface area contributed by atoms with Crippen LogP contribution in [0.4, 0.5) is 5.69 Å². The van der Waals surface area contributed by atoms with Crippen LogP contribution >= 0.6 is 23.4 Å². The molecule has 1 aromatic carbocycles. The lowest BCUT2D eigenvalue weighted by molar-refractivity contribution is 1.46. The summed E-state index contributed by atoms with van der Waals surface area (Å²) in [5.74, 6) is 0.727. The molecule has 0 radical (unpaired) electrons. The van der Waals surface area contributed by atoms with Gasteiger partial charge in [-0.15, -0.1) is 11.8 Å². The number of benzene rings is 1. The fourth-order valence-corrected chi connectivity index (χ4v) is 1.65. The minimum Gasteiger partial charge on any atom is -0.399 e. The van der Waals surface area contributed by atoms with Crippen LogP contribution in [-0.2, 0) is 0 Å². The maximum Gasteiger partial charge on any atom is 0.0334 e. The van der Waals surface area contributed by atoms with E-state index in [0.717, 1.165) is 16.3 Å². The van der Waals surface area contributed by atoms with Crippen molar-refractivity contribution in [1.82, 2.24) is 0 Å². The number of halogens is 1. The molecule has 2 N–H and O–H groups in total. The summed E-state index contributed by atoms with van der Waals surface area (Å²) < 4.78 is 0. The molecule has 64 valence electrons. The molecule has 0 aliphatic heterocycles. The van der Waals surface area contributed by atoms with E-state index < -0.39 is 0 Å². The lowest BCUT2D eigenvalue weighted by Crippen LogP contribution is -1.84. The molecule has 0 spiro atoms. The molecule has 12 heavy (non-hydrogen) atoms. The number of hydrogen-bond acceptors (Lipinski definition) is 2. The molecule has 0 heterocycles. The number of thioether (sulfide) groups is 1. The third-order valence-electron chi connectivity index (χ3n) is 1.25. The van der Waals surface area contributed by atoms with Crippen molar-refractivity contribution >= 4 is 29.1 Å². The summed E-state index contributed by atoms with van der Waals surface area (Å²) in [6.45, 7) is 3.61. The SMILES string of the molecule is C=C(Cl)CSc1cccc(N)c1. The molecule has 0 saturated carbocycles. The van der Waals surface area contributed by atoms with Gasteiger partial charge in [-0.25, -0.2) is 0 Å². The van der Waals surface area contributed by atoms with E-state index >= 15 is 0 Å². The summed E-state index contributed by atoms with van der Waals surface area (Å²) in [5, 5.41) is 0.655. The Balaban J connectivity index is 2.57. The maximum absolute atomic E-state index is 5.62. The minimum atomic E-state index is 0.655. The van der Waals surface area contributed by atoms with E-state index in [0.29, 0.717) is 5.03 Å². The van der Waals surface area contributed by atoms with Gasteiger partial charge in [0.1, 0.15) is 0 Å². The Labute approximate surface area is 81.6 Å². The van der Waals surface area contributed by atoms with E-state index in [1.54, 1.807) is 11.8 Å². The maximum atomic E-state index is 5.62. The molecule has 0 saturated heterocycles. The average Bonchev–Trinajstić information content (AvgIpc) is 2.01. The highest BCUT2D eigenvalue weighted by molar-refractivity contribution is 7.99. The normalized spacial score (nSPS) is 9.75. The van der Waals surface area contributed by atoms with Gasteiger partial charge in [-0.2, -0.15) is 0 Å². The highest BCUT2D eigenvalue weighted by Gasteiger charge is 1.94. The highest BCUT2D eigenvalue weighted by atomic mass is 35.5. The third kappa shape index (κ3) is 3.20. The summed E-state index contributed by atoms with van der Waals surface area (Å²) in [5.41, 5.74) is 6.37. The van der Waals surface area contributed by atoms with E-state index in [1.165, 1.54) is 0 Å². The van der Waals surface area contributed by atoms with Gasteiger partial charge in [0, 0.05) is 21.4 Å². The molecule has 1 rings (SSSR count). The van der Waals surface area contributed by atoms with Crippen LogP contribution in [0.3, 0.4) is 0 Å². The number of nitrogen functional groups attached to an aromatic ring is 1. The smallest absolute Gasteiger partial charge is 0.0334 e. The van der Waals surface area contributed by atoms with E-state index in [1.807, 2.05) is 24.3 Å². The van der Waals surface area contributed by atoms with Gasteiger partial charge in [-0.05, 0) is 18.2 Å². The summed E-state index contributed by atoms with van der Waals surface area (Å²) in [7, 11) is 0. The van der Waals surface area contributed by atoms with Crippen LogP contribution in [0.25, 0.3) is 0 Å². The molecular weight excluding hydrogens is 190 g/mol. The van der Waals surface area contributed by atoms with E-state index in [4.69, 9.17) is 17.3 Å². The summed E-state index contributed by atoms with van der Waals surface area (Å²) in [6, 6.07) is 7.71. The van der Waals surface area contributed by atoms with Crippen molar-refractivity contribution in [3.63, 3.8) is 0 Å². The Kier molecular flexibility index (Phi) is 3.50. The average molecular weight is 200 g/mol. The first kappa shape index (κ1) is 9.49. The second-order valence-corrected chi connectivity index (χ2v) is 3.96. The Morgan fingerprint density at radius 3 is 2.92 bits per heavy atom. The standard InChI is InChI=1S/C9H10ClNS/c1-7(10)6-12-9-4-2-3-8(11)5-9/h2-5H,1,6,11H2. The van der Waals surface area contributed by atoms with Crippen molar-refractivity contribution in [2.75, 3.05) is 11.5 Å². The van der Waals surface area contributed by atoms with Crippen molar-refractivity contribution in [2.24, 2.45) is 0 Å². The van der Waals surface area contributed by atoms with Crippen LogP contribution in [0.5, 0.6) is 0 Å². The lowest BCUT2D eigenvalue weighted by atomic mass is 10.3. The fourth-order valence-electron chi connectivity index (χ4n) is 0.766. The topological polar surface area (TPSA) is 26.0 Å². The van der Waals surface area contributed by atoms with Crippen molar-refractivity contribution < 1.29 is 0 Å². The Morgan fingerprint density at radius 1 is 1.58 bits per heavy atom. The second-order valence-electron chi connectivity index (χ2n) is 2.38. The van der Waals surface area contributed by atoms with Crippen LogP contribution in [0.1, 0.15) is 0 Å². The fraction of sp³-hybridized carbons (Fsp3) is 0.111. The Bertz CT molecular complexity index is 286. The van der Waals surface area contributed by atoms with E-state index in [9.17, 15) is 0 Å². The first-order chi connectivity index (χ1) is 5.68. The molecule has 0 aliphatic carbocycles. The quantitative estimate of drug-likeness (QED) is 0.598. The zero-order valence-electron chi connectivity index (χ0n) is 6.59. The largest absolute Gasteiger partial charge is 0.399 e. The van der Waals surface area contributed by atoms with Gasteiger partial charge in [0.2, 0.25) is 0 Å². The molecule has 3 heteroatoms. The molecule has 0 bridgehead atoms. The first-order valence-electron chi connectivity index (χ1n) is 3.50. The first-order valence-corrected chi connectivity index (χ1v) is 4.86. The zero-order chi connectivity index (χ0) is 8.97. The van der Waals surface area contributed by atoms with Gasteiger partial charge in [-0.1, -0.05) is 24.2 Å². The van der Waals surface area contributed by atoms with Crippen LogP contribution in [-0.4, -0.2) is 5.75 Å². The second kappa shape index (κ2) is 4.43. The van der Waals surface area contributed by atoms with Crippen LogP contribution in [0.2, 0.25) is 0 Å². The van der Waals surface area contributed by atoms with Gasteiger partial charge in [0.05, 0.1) is 0 Å². The van der Waals surface area contributed by atoms with Crippen molar-refractivity contribution in [1.29, 1.82) is 0 Å². The minimum absolute atomic E-state index is 0.655. The number of anilines is 1. The van der Waals surface area contributed by atoms with Crippen LogP contribution in [0.15, 0.2) is 40.8 Å². The van der Waals surface area contributed by atoms with E-state index in [-0.39, 0.29) is 0 Å². The predicted octanol–water partition coefficient (Wildman–Crippen LogP) is 3.11. The van der Waals surface area contributed by atoms with Gasteiger partial charge < -0.3 is 5.73 Å². The van der Waals surface area contributed by atoms with Gasteiger partial charge in [0.25, 0.3) is 0 Å². The number of rotatable bonds is 3. The summed E-state index contributed by atoms with van der Waals surface area (Å²) in [6.07, 6.45) is 0. The Morgan fingerprint density at radius 2 is 2.33 bits per heavy atom. The lowest BCUT2D eigenvalue weighted by Gasteiger charge is -2.00. The molecule has 1 nitrogen and oxygen atoms in total. The zero-order valence-corrected chi connectivity index (χ0v) is 8.16. The number of hydrogen-bond donors (Lipinski definition) is 1. The summed E-state index contributed by atoms with van der Waals surface area (Å²) >= 11 is 7.25. The van der Waals surface area contributed by atoms with Crippen LogP contribution in [0, 0.1) is 0 Å². The molecule has 0 unspecified atom stereocenters. The Hall–Kier alpha value is -0.600. The van der Waals surface area contributed by atoms with Gasteiger partial charge >= 0.3 is 0 Å². The van der Waals surface area contributed by atoms with Gasteiger partial charge in [-0.3, -0.25) is 0 Å². The molecule has 1 aromatic rings. The molecule has 0 amide bonds. The monoisotopic (exact) mass is 199 g/mol. The number of nitrogens with two attached hydrogens (primary N) is 1. The molecule has 0 atom stereocenters. The predicted molar refractivity (Wildman–Crippen MR) is 56.6 cm³/mol. The van der Waals surface area contributed by atoms with Crippen molar-refractivity contribution in [3.8, 4) is 0 Å². The van der Waals surface area contributed by atoms with Crippen molar-refractivity contribution in [2.45, 2.75) is 4.90 Å². The van der Waals surface area contributed by atoms with Gasteiger partial charge in [0.15, 0.2) is 0 Å². The summed E-state index contributed by atoms with van der Waals surface area (Å²) in [4.78, 5) is 1.12.